The Kier molecular flexibility index (Phi) is 5.79. The van der Waals surface area contributed by atoms with E-state index in [0.29, 0.717) is 0 Å². The molecule has 4 N–H and O–H groups in total. The number of benzene rings is 2. The van der Waals surface area contributed by atoms with Gasteiger partial charge in [-0.1, -0.05) is 30.1 Å². The lowest BCUT2D eigenvalue weighted by atomic mass is 9.69. The quantitative estimate of drug-likeness (QED) is 0.328. The number of aliphatic hydroxyl groups is 1. The van der Waals surface area contributed by atoms with E-state index < -0.39 is 47.3 Å². The van der Waals surface area contributed by atoms with E-state index in [2.05, 4.69) is 10.3 Å². The number of nitrogens with one attached hydrogen (secondary N) is 2. The molecule has 0 aliphatic heterocycles. The van der Waals surface area contributed by atoms with E-state index in [-0.39, 0.29) is 44.2 Å². The third kappa shape index (κ3) is 3.82. The molecular formula is C22H18Cl2F4N2O3. The minimum Gasteiger partial charge on any atom is -0.506 e. The summed E-state index contributed by atoms with van der Waals surface area (Å²) in [6.45, 7) is 1.62. The van der Waals surface area contributed by atoms with E-state index in [9.17, 15) is 32.6 Å². The highest BCUT2D eigenvalue weighted by atomic mass is 35.5. The maximum Gasteiger partial charge on any atom is 0.419 e. The zero-order chi connectivity index (χ0) is 24.3. The maximum absolute atomic E-state index is 14.3. The monoisotopic (exact) mass is 504 g/mol. The Morgan fingerprint density at radius 2 is 1.94 bits per heavy atom. The molecule has 0 bridgehead atoms. The van der Waals surface area contributed by atoms with Crippen molar-refractivity contribution in [2.24, 2.45) is 0 Å². The molecule has 0 spiro atoms. The van der Waals surface area contributed by atoms with Gasteiger partial charge in [0.25, 0.3) is 0 Å². The summed E-state index contributed by atoms with van der Waals surface area (Å²) in [5, 5.41) is 24.1. The normalized spacial score (nSPS) is 22.9. The van der Waals surface area contributed by atoms with Crippen LogP contribution in [0.1, 0.15) is 42.9 Å². The molecule has 176 valence electrons. The number of aromatic nitrogens is 1. The third-order valence-electron chi connectivity index (χ3n) is 6.11. The van der Waals surface area contributed by atoms with Gasteiger partial charge in [-0.05, 0) is 48.6 Å². The van der Waals surface area contributed by atoms with Crippen LogP contribution in [0.3, 0.4) is 0 Å². The van der Waals surface area contributed by atoms with E-state index in [1.165, 1.54) is 12.1 Å². The number of pyridine rings is 1. The number of anilines is 1. The Balaban J connectivity index is 1.99. The van der Waals surface area contributed by atoms with Crippen LogP contribution in [0.15, 0.2) is 35.1 Å². The fraction of sp³-hybridized carbons (Fsp3) is 0.318. The number of hydrogen-bond acceptors (Lipinski definition) is 4. The largest absolute Gasteiger partial charge is 0.506 e. The van der Waals surface area contributed by atoms with E-state index in [4.69, 9.17) is 23.2 Å². The van der Waals surface area contributed by atoms with E-state index in [0.717, 1.165) is 18.2 Å². The molecule has 1 heterocycles. The first-order chi connectivity index (χ1) is 15.4. The van der Waals surface area contributed by atoms with Crippen LogP contribution in [0, 0.1) is 5.82 Å². The minimum absolute atomic E-state index is 0.0556. The summed E-state index contributed by atoms with van der Waals surface area (Å²) in [6, 6.07) is 3.76. The molecule has 1 aliphatic rings. The fourth-order valence-corrected chi connectivity index (χ4v) is 4.86. The molecule has 0 fully saturated rings. The summed E-state index contributed by atoms with van der Waals surface area (Å²) in [4.78, 5) is 14.0. The highest BCUT2D eigenvalue weighted by molar-refractivity contribution is 6.43. The third-order valence-corrected chi connectivity index (χ3v) is 6.89. The topological polar surface area (TPSA) is 85.4 Å². The van der Waals surface area contributed by atoms with E-state index >= 15 is 0 Å². The molecule has 2 aromatic carbocycles. The van der Waals surface area contributed by atoms with Crippen molar-refractivity contribution >= 4 is 39.8 Å². The number of aromatic hydroxyl groups is 1. The first-order valence-electron chi connectivity index (χ1n) is 9.96. The second-order valence-electron chi connectivity index (χ2n) is 8.07. The van der Waals surface area contributed by atoms with Crippen molar-refractivity contribution in [2.45, 2.75) is 43.5 Å². The minimum atomic E-state index is -5.09. The number of rotatable bonds is 3. The lowest BCUT2D eigenvalue weighted by Crippen LogP contribution is -2.55. The second-order valence-corrected chi connectivity index (χ2v) is 8.85. The average Bonchev–Trinajstić information content (AvgIpc) is 2.72. The molecule has 4 rings (SSSR count). The van der Waals surface area contributed by atoms with Gasteiger partial charge in [0.05, 0.1) is 16.6 Å². The lowest BCUT2D eigenvalue weighted by Gasteiger charge is -2.46. The molecule has 0 saturated carbocycles. The van der Waals surface area contributed by atoms with Crippen LogP contribution in [0.5, 0.6) is 5.75 Å². The Morgan fingerprint density at radius 1 is 1.24 bits per heavy atom. The number of fused-ring (bicyclic) bond motifs is 2. The lowest BCUT2D eigenvalue weighted by molar-refractivity contribution is -0.272. The van der Waals surface area contributed by atoms with Gasteiger partial charge in [-0.25, -0.2) is 4.39 Å². The summed E-state index contributed by atoms with van der Waals surface area (Å²) >= 11 is 12.1. The van der Waals surface area contributed by atoms with Crippen LogP contribution in [0.2, 0.25) is 10.0 Å². The van der Waals surface area contributed by atoms with Crippen molar-refractivity contribution in [2.75, 3.05) is 5.32 Å². The number of halogens is 6. The molecule has 1 unspecified atom stereocenters. The van der Waals surface area contributed by atoms with Gasteiger partial charge < -0.3 is 20.5 Å². The molecule has 0 saturated heterocycles. The highest BCUT2D eigenvalue weighted by Gasteiger charge is 2.62. The van der Waals surface area contributed by atoms with Gasteiger partial charge in [0.15, 0.2) is 5.60 Å². The summed E-state index contributed by atoms with van der Waals surface area (Å²) in [5.74, 6) is -2.16. The van der Waals surface area contributed by atoms with Gasteiger partial charge in [-0.3, -0.25) is 4.79 Å². The van der Waals surface area contributed by atoms with Crippen LogP contribution in [0.4, 0.5) is 23.2 Å². The van der Waals surface area contributed by atoms with Crippen LogP contribution < -0.4 is 10.9 Å². The van der Waals surface area contributed by atoms with Crippen molar-refractivity contribution in [3.8, 4) is 5.75 Å². The van der Waals surface area contributed by atoms with Crippen molar-refractivity contribution in [1.82, 2.24) is 4.98 Å². The van der Waals surface area contributed by atoms with Crippen LogP contribution in [-0.2, 0) is 0 Å². The Hall–Kier alpha value is -2.49. The molecule has 0 amide bonds. The van der Waals surface area contributed by atoms with Gasteiger partial charge in [-0.15, -0.1) is 0 Å². The van der Waals surface area contributed by atoms with Crippen LogP contribution in [-0.4, -0.2) is 27.0 Å². The summed E-state index contributed by atoms with van der Waals surface area (Å²) in [7, 11) is 0. The smallest absolute Gasteiger partial charge is 0.419 e. The molecule has 3 aromatic rings. The average molecular weight is 505 g/mol. The first kappa shape index (κ1) is 23.7. The first-order valence-corrected chi connectivity index (χ1v) is 10.7. The van der Waals surface area contributed by atoms with Gasteiger partial charge in [-0.2, -0.15) is 13.2 Å². The summed E-state index contributed by atoms with van der Waals surface area (Å²) in [6.07, 6.45) is -5.68. The SMILES string of the molecule is CC[C@@H]1C[C@](O)(C(F)(F)F)C(Nc2cc(F)cc3[nH]c(=O)ccc23)c2cc(Cl)c(Cl)c(O)c21. The number of hydrogen-bond donors (Lipinski definition) is 4. The fourth-order valence-electron chi connectivity index (χ4n) is 4.50. The predicted molar refractivity (Wildman–Crippen MR) is 118 cm³/mol. The molecule has 1 aromatic heterocycles. The van der Waals surface area contributed by atoms with Crippen LogP contribution in [0.25, 0.3) is 10.9 Å². The molecule has 33 heavy (non-hydrogen) atoms. The number of H-pyrrole nitrogens is 1. The number of alkyl halides is 3. The van der Waals surface area contributed by atoms with Crippen molar-refractivity contribution in [1.29, 1.82) is 0 Å². The van der Waals surface area contributed by atoms with Gasteiger partial charge in [0.1, 0.15) is 16.6 Å². The molecular weight excluding hydrogens is 487 g/mol. The summed E-state index contributed by atoms with van der Waals surface area (Å²) in [5.41, 5.74) is -3.83. The van der Waals surface area contributed by atoms with Gasteiger partial charge in [0, 0.05) is 22.7 Å². The Bertz CT molecular complexity index is 1310. The highest BCUT2D eigenvalue weighted by Crippen LogP contribution is 2.57. The summed E-state index contributed by atoms with van der Waals surface area (Å²) < 4.78 is 57.1. The van der Waals surface area contributed by atoms with Crippen molar-refractivity contribution < 1.29 is 27.8 Å². The van der Waals surface area contributed by atoms with Crippen LogP contribution >= 0.6 is 23.2 Å². The van der Waals surface area contributed by atoms with Crippen molar-refractivity contribution in [3.63, 3.8) is 0 Å². The molecule has 11 heteroatoms. The van der Waals surface area contributed by atoms with Gasteiger partial charge in [0.2, 0.25) is 5.56 Å². The number of phenols is 1. The standard InChI is InChI=1S/C22H18Cl2F4N2O3/c1-2-9-8-21(33,22(26,27)28)20(12-7-13(23)18(24)19(32)17(9)12)30-15-6-10(25)5-14-11(15)3-4-16(31)29-14/h3-7,9,20,30,32-33H,2,8H2,1H3,(H,29,31)/t9-,20?,21-/m1/s1. The number of phenolic OH excluding ortho intramolecular Hbond substituents is 1. The Morgan fingerprint density at radius 3 is 2.58 bits per heavy atom. The molecule has 0 radical (unpaired) electrons. The molecule has 3 atom stereocenters. The zero-order valence-corrected chi connectivity index (χ0v) is 18.5. The molecule has 1 aliphatic carbocycles. The number of aromatic amines is 1. The second kappa shape index (κ2) is 8.07. The Labute approximate surface area is 195 Å². The maximum atomic E-state index is 14.3. The predicted octanol–water partition coefficient (Wildman–Crippen LogP) is 6.02. The van der Waals surface area contributed by atoms with E-state index in [1.54, 1.807) is 6.92 Å². The zero-order valence-electron chi connectivity index (χ0n) is 17.0. The van der Waals surface area contributed by atoms with Gasteiger partial charge >= 0.3 is 6.18 Å². The van der Waals surface area contributed by atoms with E-state index in [1.807, 2.05) is 0 Å². The molecule has 5 nitrogen and oxygen atoms in total. The van der Waals surface area contributed by atoms with Crippen molar-refractivity contribution in [3.05, 3.63) is 67.7 Å².